The molecule has 2 heterocycles. The zero-order valence-corrected chi connectivity index (χ0v) is 9.90. The van der Waals surface area contributed by atoms with Crippen LogP contribution in [-0.4, -0.2) is 20.9 Å². The smallest absolute Gasteiger partial charge is 0.275 e. The number of hydrogen-bond acceptors (Lipinski definition) is 4. The summed E-state index contributed by atoms with van der Waals surface area (Å²) in [6.45, 7) is 0. The summed E-state index contributed by atoms with van der Waals surface area (Å²) in [5.41, 5.74) is 0.0839. The molecule has 1 amide bonds. The highest BCUT2D eigenvalue weighted by atomic mass is 35.5. The van der Waals surface area contributed by atoms with Crippen molar-refractivity contribution < 1.29 is 4.79 Å². The largest absolute Gasteiger partial charge is 0.305 e. The third-order valence-electron chi connectivity index (χ3n) is 1.81. The summed E-state index contributed by atoms with van der Waals surface area (Å²) in [5.74, 6) is -0.0294. The standard InChI is InChI=1S/C10H6Cl2N4O/c11-7-5-6(14-10(12)15-7)9(17)16-8-3-1-2-4-13-8/h1-5H,(H,13,16,17). The normalized spacial score (nSPS) is 10.0. The molecule has 0 unspecified atom stereocenters. The summed E-state index contributed by atoms with van der Waals surface area (Å²) in [4.78, 5) is 23.1. The van der Waals surface area contributed by atoms with E-state index in [2.05, 4.69) is 20.3 Å². The number of carbonyl (C=O) groups excluding carboxylic acids is 1. The predicted molar refractivity (Wildman–Crippen MR) is 64.2 cm³/mol. The number of pyridine rings is 1. The van der Waals surface area contributed by atoms with Crippen molar-refractivity contribution in [3.8, 4) is 0 Å². The highest BCUT2D eigenvalue weighted by Crippen LogP contribution is 2.12. The molecule has 0 fully saturated rings. The molecule has 86 valence electrons. The first-order valence-electron chi connectivity index (χ1n) is 4.57. The van der Waals surface area contributed by atoms with Gasteiger partial charge in [0.2, 0.25) is 5.28 Å². The van der Waals surface area contributed by atoms with Crippen molar-refractivity contribution >= 4 is 34.9 Å². The Bertz CT molecular complexity index is 527. The number of aromatic nitrogens is 3. The Morgan fingerprint density at radius 3 is 2.71 bits per heavy atom. The lowest BCUT2D eigenvalue weighted by molar-refractivity contribution is 0.102. The number of halogens is 2. The molecule has 0 saturated heterocycles. The van der Waals surface area contributed by atoms with Gasteiger partial charge in [-0.2, -0.15) is 0 Å². The van der Waals surface area contributed by atoms with Gasteiger partial charge in [0.1, 0.15) is 16.7 Å². The quantitative estimate of drug-likeness (QED) is 0.671. The van der Waals surface area contributed by atoms with Crippen LogP contribution < -0.4 is 5.32 Å². The summed E-state index contributed by atoms with van der Waals surface area (Å²) >= 11 is 11.3. The van der Waals surface area contributed by atoms with E-state index >= 15 is 0 Å². The molecular weight excluding hydrogens is 263 g/mol. The molecule has 0 bridgehead atoms. The second-order valence-corrected chi connectivity index (χ2v) is 3.74. The number of hydrogen-bond donors (Lipinski definition) is 1. The van der Waals surface area contributed by atoms with Gasteiger partial charge in [0.15, 0.2) is 0 Å². The van der Waals surface area contributed by atoms with Crippen molar-refractivity contribution in [2.45, 2.75) is 0 Å². The number of carbonyl (C=O) groups is 1. The maximum absolute atomic E-state index is 11.8. The van der Waals surface area contributed by atoms with Gasteiger partial charge >= 0.3 is 0 Å². The van der Waals surface area contributed by atoms with Crippen LogP contribution in [0.25, 0.3) is 0 Å². The number of nitrogens with one attached hydrogen (secondary N) is 1. The Labute approximate surface area is 107 Å². The van der Waals surface area contributed by atoms with Crippen LogP contribution in [0.2, 0.25) is 10.4 Å². The van der Waals surface area contributed by atoms with Crippen LogP contribution >= 0.6 is 23.2 Å². The van der Waals surface area contributed by atoms with Crippen LogP contribution in [-0.2, 0) is 0 Å². The maximum atomic E-state index is 11.8. The van der Waals surface area contributed by atoms with E-state index < -0.39 is 5.91 Å². The van der Waals surface area contributed by atoms with Gasteiger partial charge in [0, 0.05) is 12.3 Å². The second kappa shape index (κ2) is 5.07. The van der Waals surface area contributed by atoms with Crippen LogP contribution in [0.3, 0.4) is 0 Å². The first kappa shape index (κ1) is 11.8. The molecule has 17 heavy (non-hydrogen) atoms. The van der Waals surface area contributed by atoms with Gasteiger partial charge < -0.3 is 5.32 Å². The molecule has 0 aliphatic heterocycles. The fourth-order valence-electron chi connectivity index (χ4n) is 1.12. The third-order valence-corrected chi connectivity index (χ3v) is 2.17. The Balaban J connectivity index is 2.20. The number of nitrogens with zero attached hydrogens (tertiary/aromatic N) is 3. The van der Waals surface area contributed by atoms with E-state index in [1.54, 1.807) is 24.4 Å². The molecule has 0 aromatic carbocycles. The minimum absolute atomic E-state index is 0.0799. The zero-order chi connectivity index (χ0) is 12.3. The topological polar surface area (TPSA) is 67.8 Å². The molecule has 0 radical (unpaired) electrons. The summed E-state index contributed by atoms with van der Waals surface area (Å²) in [6, 6.07) is 6.48. The first-order chi connectivity index (χ1) is 8.15. The SMILES string of the molecule is O=C(Nc1ccccn1)c1cc(Cl)nc(Cl)n1. The van der Waals surface area contributed by atoms with E-state index in [1.807, 2.05) is 0 Å². The van der Waals surface area contributed by atoms with Crippen molar-refractivity contribution in [1.82, 2.24) is 15.0 Å². The van der Waals surface area contributed by atoms with Gasteiger partial charge in [-0.25, -0.2) is 15.0 Å². The molecule has 2 aromatic rings. The van der Waals surface area contributed by atoms with E-state index in [1.165, 1.54) is 6.07 Å². The highest BCUT2D eigenvalue weighted by Gasteiger charge is 2.10. The third kappa shape index (κ3) is 3.12. The molecule has 7 heteroatoms. The number of amides is 1. The molecule has 5 nitrogen and oxygen atoms in total. The molecule has 0 aliphatic rings. The summed E-state index contributed by atoms with van der Waals surface area (Å²) in [6.07, 6.45) is 1.57. The summed E-state index contributed by atoms with van der Waals surface area (Å²) in [7, 11) is 0. The molecule has 2 rings (SSSR count). The maximum Gasteiger partial charge on any atom is 0.275 e. The molecule has 2 aromatic heterocycles. The van der Waals surface area contributed by atoms with Gasteiger partial charge in [0.25, 0.3) is 5.91 Å². The van der Waals surface area contributed by atoms with Crippen molar-refractivity contribution in [2.24, 2.45) is 0 Å². The van der Waals surface area contributed by atoms with Gasteiger partial charge in [-0.05, 0) is 23.7 Å². The fraction of sp³-hybridized carbons (Fsp3) is 0. The number of rotatable bonds is 2. The lowest BCUT2D eigenvalue weighted by atomic mass is 10.3. The summed E-state index contributed by atoms with van der Waals surface area (Å²) < 4.78 is 0. The Hall–Kier alpha value is -1.72. The van der Waals surface area contributed by atoms with Gasteiger partial charge in [-0.15, -0.1) is 0 Å². The van der Waals surface area contributed by atoms with Gasteiger partial charge in [0.05, 0.1) is 0 Å². The lowest BCUT2D eigenvalue weighted by Crippen LogP contribution is -2.14. The summed E-state index contributed by atoms with van der Waals surface area (Å²) in [5, 5.41) is 2.58. The number of anilines is 1. The monoisotopic (exact) mass is 268 g/mol. The Morgan fingerprint density at radius 2 is 2.06 bits per heavy atom. The Morgan fingerprint density at radius 1 is 1.24 bits per heavy atom. The van der Waals surface area contributed by atoms with Gasteiger partial charge in [-0.1, -0.05) is 17.7 Å². The van der Waals surface area contributed by atoms with E-state index in [9.17, 15) is 4.79 Å². The van der Waals surface area contributed by atoms with Crippen LogP contribution in [0.1, 0.15) is 10.5 Å². The highest BCUT2D eigenvalue weighted by molar-refractivity contribution is 6.32. The van der Waals surface area contributed by atoms with Crippen LogP contribution in [0.15, 0.2) is 30.5 Å². The fourth-order valence-corrected chi connectivity index (χ4v) is 1.53. The van der Waals surface area contributed by atoms with E-state index in [-0.39, 0.29) is 16.1 Å². The van der Waals surface area contributed by atoms with Crippen LogP contribution in [0.4, 0.5) is 5.82 Å². The average Bonchev–Trinajstić information content (AvgIpc) is 2.29. The molecule has 0 saturated carbocycles. The molecule has 0 spiro atoms. The van der Waals surface area contributed by atoms with E-state index in [0.717, 1.165) is 0 Å². The van der Waals surface area contributed by atoms with Crippen LogP contribution in [0, 0.1) is 0 Å². The zero-order valence-electron chi connectivity index (χ0n) is 8.39. The second-order valence-electron chi connectivity index (χ2n) is 3.01. The molecular formula is C10H6Cl2N4O. The van der Waals surface area contributed by atoms with Crippen molar-refractivity contribution in [3.05, 3.63) is 46.6 Å². The average molecular weight is 269 g/mol. The molecule has 0 atom stereocenters. The Kier molecular flexibility index (Phi) is 3.51. The van der Waals surface area contributed by atoms with E-state index in [4.69, 9.17) is 23.2 Å². The predicted octanol–water partition coefficient (Wildman–Crippen LogP) is 2.43. The van der Waals surface area contributed by atoms with Gasteiger partial charge in [-0.3, -0.25) is 4.79 Å². The van der Waals surface area contributed by atoms with Crippen molar-refractivity contribution in [1.29, 1.82) is 0 Å². The lowest BCUT2D eigenvalue weighted by Gasteiger charge is -2.03. The van der Waals surface area contributed by atoms with Crippen LogP contribution in [0.5, 0.6) is 0 Å². The van der Waals surface area contributed by atoms with Crippen molar-refractivity contribution in [3.63, 3.8) is 0 Å². The minimum Gasteiger partial charge on any atom is -0.305 e. The van der Waals surface area contributed by atoms with Crippen molar-refractivity contribution in [2.75, 3.05) is 5.32 Å². The van der Waals surface area contributed by atoms with E-state index in [0.29, 0.717) is 5.82 Å². The minimum atomic E-state index is -0.449. The molecule has 0 aliphatic carbocycles. The molecule has 1 N–H and O–H groups in total. The first-order valence-corrected chi connectivity index (χ1v) is 5.33.